The zero-order chi connectivity index (χ0) is 26.5. The molecule has 0 aliphatic heterocycles. The van der Waals surface area contributed by atoms with Crippen molar-refractivity contribution >= 4 is 47.3 Å². The van der Waals surface area contributed by atoms with Crippen LogP contribution in [0.3, 0.4) is 0 Å². The average molecular weight is 515 g/mol. The van der Waals surface area contributed by atoms with Gasteiger partial charge >= 0.3 is 5.97 Å². The third kappa shape index (κ3) is 10.9. The Morgan fingerprint density at radius 3 is 2.03 bits per heavy atom. The number of primary amides is 2. The number of nitrogens with one attached hydrogen (secondary N) is 4. The number of H-pyrrole nitrogens is 1. The third-order valence-corrected chi connectivity index (χ3v) is 5.28. The number of rotatable bonds is 16. The summed E-state index contributed by atoms with van der Waals surface area (Å²) in [7, 11) is 0. The highest BCUT2D eigenvalue weighted by molar-refractivity contribution is 7.98. The number of aromatic amines is 1. The van der Waals surface area contributed by atoms with Crippen LogP contribution in [0.2, 0.25) is 0 Å². The molecule has 0 radical (unpaired) electrons. The molecule has 15 nitrogen and oxygen atoms in total. The van der Waals surface area contributed by atoms with Crippen molar-refractivity contribution in [2.45, 2.75) is 49.9 Å². The van der Waals surface area contributed by atoms with Gasteiger partial charge in [-0.15, -0.1) is 0 Å². The molecule has 194 valence electrons. The molecule has 0 spiro atoms. The number of aliphatic carboxylic acids is 1. The van der Waals surface area contributed by atoms with Gasteiger partial charge in [0.1, 0.15) is 18.1 Å². The molecular formula is C19H30N8O7S. The van der Waals surface area contributed by atoms with Crippen molar-refractivity contribution in [3.8, 4) is 0 Å². The van der Waals surface area contributed by atoms with Gasteiger partial charge < -0.3 is 43.2 Å². The van der Waals surface area contributed by atoms with Crippen LogP contribution >= 0.6 is 11.8 Å². The van der Waals surface area contributed by atoms with Crippen molar-refractivity contribution in [2.24, 2.45) is 17.2 Å². The first-order valence-electron chi connectivity index (χ1n) is 10.4. The first kappa shape index (κ1) is 29.4. The van der Waals surface area contributed by atoms with Crippen molar-refractivity contribution in [1.82, 2.24) is 25.9 Å². The molecule has 0 aliphatic rings. The van der Waals surface area contributed by atoms with Crippen LogP contribution in [-0.4, -0.2) is 86.8 Å². The monoisotopic (exact) mass is 514 g/mol. The maximum atomic E-state index is 12.9. The molecule has 1 aromatic heterocycles. The van der Waals surface area contributed by atoms with Gasteiger partial charge in [-0.3, -0.25) is 24.0 Å². The van der Waals surface area contributed by atoms with E-state index in [0.717, 1.165) is 0 Å². The van der Waals surface area contributed by atoms with Crippen LogP contribution in [0.4, 0.5) is 0 Å². The fraction of sp³-hybridized carbons (Fsp3) is 0.526. The lowest BCUT2D eigenvalue weighted by molar-refractivity contribution is -0.143. The topological polar surface area (TPSA) is 265 Å². The van der Waals surface area contributed by atoms with Crippen LogP contribution in [0, 0.1) is 0 Å². The second kappa shape index (κ2) is 14.6. The summed E-state index contributed by atoms with van der Waals surface area (Å²) >= 11 is 1.36. The van der Waals surface area contributed by atoms with Gasteiger partial charge in [0, 0.05) is 18.3 Å². The van der Waals surface area contributed by atoms with Crippen molar-refractivity contribution in [1.29, 1.82) is 0 Å². The minimum atomic E-state index is -1.60. The number of nitrogens with zero attached hydrogens (tertiary/aromatic N) is 1. The largest absolute Gasteiger partial charge is 0.480 e. The summed E-state index contributed by atoms with van der Waals surface area (Å²) in [4.78, 5) is 78.5. The maximum Gasteiger partial charge on any atom is 0.326 e. The highest BCUT2D eigenvalue weighted by Crippen LogP contribution is 2.05. The van der Waals surface area contributed by atoms with Gasteiger partial charge in [-0.2, -0.15) is 11.8 Å². The van der Waals surface area contributed by atoms with Crippen LogP contribution < -0.4 is 33.2 Å². The lowest BCUT2D eigenvalue weighted by atomic mass is 10.1. The number of amides is 5. The molecule has 1 heterocycles. The lowest BCUT2D eigenvalue weighted by Crippen LogP contribution is -2.58. The molecule has 35 heavy (non-hydrogen) atoms. The first-order valence-corrected chi connectivity index (χ1v) is 11.8. The number of carbonyl (C=O) groups is 6. The molecule has 1 rings (SSSR count). The molecule has 0 saturated heterocycles. The van der Waals surface area contributed by atoms with Crippen molar-refractivity contribution in [2.75, 3.05) is 12.0 Å². The Hall–Kier alpha value is -3.66. The Balaban J connectivity index is 2.94. The van der Waals surface area contributed by atoms with E-state index in [-0.39, 0.29) is 12.8 Å². The minimum Gasteiger partial charge on any atom is -0.480 e. The van der Waals surface area contributed by atoms with E-state index in [1.54, 1.807) is 6.26 Å². The van der Waals surface area contributed by atoms with Gasteiger partial charge in [-0.05, 0) is 18.4 Å². The van der Waals surface area contributed by atoms with Crippen molar-refractivity contribution in [3.63, 3.8) is 0 Å². The molecule has 4 unspecified atom stereocenters. The van der Waals surface area contributed by atoms with Gasteiger partial charge in [-0.25, -0.2) is 9.78 Å². The SMILES string of the molecule is CSCCC(NC(=O)C(CC(N)=O)NC(=O)C(N)Cc1cnc[nH]1)C(=O)NC(CC(N)=O)C(=O)O. The second-order valence-corrected chi connectivity index (χ2v) is 8.52. The number of carbonyl (C=O) groups excluding carboxylic acids is 5. The smallest absolute Gasteiger partial charge is 0.326 e. The molecule has 0 aromatic carbocycles. The highest BCUT2D eigenvalue weighted by atomic mass is 32.2. The number of carboxylic acids is 1. The van der Waals surface area contributed by atoms with Gasteiger partial charge in [-0.1, -0.05) is 0 Å². The summed E-state index contributed by atoms with van der Waals surface area (Å²) in [6, 6.07) is -5.37. The predicted octanol–water partition coefficient (Wildman–Crippen LogP) is -3.68. The highest BCUT2D eigenvalue weighted by Gasteiger charge is 2.31. The number of hydrogen-bond acceptors (Lipinski definition) is 9. The summed E-state index contributed by atoms with van der Waals surface area (Å²) in [5.41, 5.74) is 16.6. The molecule has 11 N–H and O–H groups in total. The van der Waals surface area contributed by atoms with Gasteiger partial charge in [0.2, 0.25) is 29.5 Å². The molecule has 16 heteroatoms. The normalized spacial score (nSPS) is 14.1. The fourth-order valence-corrected chi connectivity index (χ4v) is 3.34. The summed E-state index contributed by atoms with van der Waals surface area (Å²) in [6.07, 6.45) is 3.55. The summed E-state index contributed by atoms with van der Waals surface area (Å²) in [6.45, 7) is 0. The number of hydrogen-bond donors (Lipinski definition) is 8. The Morgan fingerprint density at radius 1 is 0.971 bits per heavy atom. The number of nitrogens with two attached hydrogens (primary N) is 3. The van der Waals surface area contributed by atoms with E-state index in [4.69, 9.17) is 17.2 Å². The van der Waals surface area contributed by atoms with E-state index in [2.05, 4.69) is 25.9 Å². The molecule has 0 saturated carbocycles. The zero-order valence-corrected chi connectivity index (χ0v) is 19.8. The Labute approximate surface area is 204 Å². The number of thioether (sulfide) groups is 1. The Kier molecular flexibility index (Phi) is 12.2. The summed E-state index contributed by atoms with van der Waals surface area (Å²) in [5.74, 6) is -5.48. The molecule has 1 aromatic rings. The van der Waals surface area contributed by atoms with Crippen LogP contribution in [0.1, 0.15) is 25.0 Å². The van der Waals surface area contributed by atoms with Gasteiger partial charge in [0.05, 0.1) is 25.2 Å². The van der Waals surface area contributed by atoms with Crippen LogP contribution in [0.5, 0.6) is 0 Å². The molecule has 0 bridgehead atoms. The average Bonchev–Trinajstić information content (AvgIpc) is 3.27. The van der Waals surface area contributed by atoms with Crippen LogP contribution in [0.15, 0.2) is 12.5 Å². The molecular weight excluding hydrogens is 484 g/mol. The Bertz CT molecular complexity index is 911. The number of aromatic nitrogens is 2. The standard InChI is InChI=1S/C19H30N8O7S/c1-35-3-2-11(17(31)27-13(19(33)34)6-15(22)29)25-18(32)12(5-14(21)28)26-16(30)10(20)4-9-7-23-8-24-9/h7-8,10-13H,2-6,20H2,1H3,(H2,21,28)(H2,22,29)(H,23,24)(H,25,32)(H,26,30)(H,27,31)(H,33,34). The minimum absolute atomic E-state index is 0.0753. The molecule has 0 aliphatic carbocycles. The van der Waals surface area contributed by atoms with Crippen molar-refractivity contribution < 1.29 is 33.9 Å². The van der Waals surface area contributed by atoms with Gasteiger partial charge in [0.15, 0.2) is 0 Å². The first-order chi connectivity index (χ1) is 16.4. The molecule has 4 atom stereocenters. The number of carboxylic acid groups (broad SMARTS) is 1. The van der Waals surface area contributed by atoms with E-state index in [1.807, 2.05) is 0 Å². The van der Waals surface area contributed by atoms with Gasteiger partial charge in [0.25, 0.3) is 0 Å². The quantitative estimate of drug-likeness (QED) is 0.107. The van der Waals surface area contributed by atoms with Crippen molar-refractivity contribution in [3.05, 3.63) is 18.2 Å². The fourth-order valence-electron chi connectivity index (χ4n) is 2.87. The Morgan fingerprint density at radius 2 is 1.51 bits per heavy atom. The van der Waals surface area contributed by atoms with E-state index in [9.17, 15) is 33.9 Å². The van der Waals surface area contributed by atoms with Crippen LogP contribution in [-0.2, 0) is 35.2 Å². The molecule has 5 amide bonds. The van der Waals surface area contributed by atoms with Crippen LogP contribution in [0.25, 0.3) is 0 Å². The van der Waals surface area contributed by atoms with E-state index in [1.165, 1.54) is 24.3 Å². The second-order valence-electron chi connectivity index (χ2n) is 7.53. The number of imidazole rings is 1. The summed E-state index contributed by atoms with van der Waals surface area (Å²) in [5, 5.41) is 16.1. The van der Waals surface area contributed by atoms with E-state index >= 15 is 0 Å². The maximum absolute atomic E-state index is 12.9. The van der Waals surface area contributed by atoms with E-state index in [0.29, 0.717) is 11.4 Å². The summed E-state index contributed by atoms with van der Waals surface area (Å²) < 4.78 is 0. The molecule has 0 fully saturated rings. The van der Waals surface area contributed by atoms with E-state index < -0.39 is 72.5 Å². The predicted molar refractivity (Wildman–Crippen MR) is 124 cm³/mol. The third-order valence-electron chi connectivity index (χ3n) is 4.63. The zero-order valence-electron chi connectivity index (χ0n) is 19.0. The lowest BCUT2D eigenvalue weighted by Gasteiger charge is -2.24.